The Bertz CT molecular complexity index is 1230. The van der Waals surface area contributed by atoms with Crippen LogP contribution in [0, 0.1) is 13.8 Å². The molecule has 4 rings (SSSR count). The molecule has 0 bridgehead atoms. The number of hydrogen-bond acceptors (Lipinski definition) is 6. The summed E-state index contributed by atoms with van der Waals surface area (Å²) < 4.78 is 31.6. The number of sulfone groups is 1. The Hall–Kier alpha value is -2.88. The normalized spacial score (nSPS) is 18.6. The zero-order valence-electron chi connectivity index (χ0n) is 15.5. The first-order valence-corrected chi connectivity index (χ1v) is 10.7. The number of aryl methyl sites for hydroxylation is 1. The molecule has 3 heterocycles. The lowest BCUT2D eigenvalue weighted by molar-refractivity contribution is -0.116. The maximum Gasteiger partial charge on any atom is 0.420 e. The highest BCUT2D eigenvalue weighted by atomic mass is 32.2. The fourth-order valence-electron chi connectivity index (χ4n) is 3.65. The molecule has 1 fully saturated rings. The summed E-state index contributed by atoms with van der Waals surface area (Å²) in [5.74, 6) is -0.789. The predicted molar refractivity (Wildman–Crippen MR) is 103 cm³/mol. The number of nitrogens with zero attached hydrogens (tertiary/aromatic N) is 3. The van der Waals surface area contributed by atoms with Gasteiger partial charge in [0.15, 0.2) is 15.4 Å². The molecule has 1 saturated heterocycles. The standard InChI is InChI=1S/C18H20N4O5S/c1-11-17(12(2)22(20-11)13-7-8-28(25,26)10-13)19-16(23)9-21-14-5-3-4-6-15(14)27-18(21)24/h3-6,13H,7-10H2,1-2H3,(H,19,23). The van der Waals surface area contributed by atoms with Crippen LogP contribution in [-0.2, 0) is 21.2 Å². The number of carbonyl (C=O) groups is 1. The van der Waals surface area contributed by atoms with E-state index >= 15 is 0 Å². The topological polar surface area (TPSA) is 116 Å². The molecular weight excluding hydrogens is 384 g/mol. The van der Waals surface area contributed by atoms with Crippen molar-refractivity contribution in [1.82, 2.24) is 14.3 Å². The zero-order valence-corrected chi connectivity index (χ0v) is 16.3. The van der Waals surface area contributed by atoms with Crippen LogP contribution in [0.25, 0.3) is 11.1 Å². The Balaban J connectivity index is 1.57. The second-order valence-electron chi connectivity index (χ2n) is 7.02. The van der Waals surface area contributed by atoms with Crippen molar-refractivity contribution in [3.63, 3.8) is 0 Å². The van der Waals surface area contributed by atoms with Gasteiger partial charge in [0.05, 0.1) is 40.1 Å². The number of carbonyl (C=O) groups excluding carboxylic acids is 1. The average molecular weight is 404 g/mol. The van der Waals surface area contributed by atoms with Crippen LogP contribution in [0.15, 0.2) is 33.5 Å². The van der Waals surface area contributed by atoms with Gasteiger partial charge < -0.3 is 9.73 Å². The van der Waals surface area contributed by atoms with E-state index in [-0.39, 0.29) is 24.1 Å². The molecule has 0 spiro atoms. The molecule has 0 radical (unpaired) electrons. The monoisotopic (exact) mass is 404 g/mol. The average Bonchev–Trinajstić information content (AvgIpc) is 3.24. The van der Waals surface area contributed by atoms with E-state index in [1.165, 1.54) is 4.57 Å². The Morgan fingerprint density at radius 3 is 2.79 bits per heavy atom. The highest BCUT2D eigenvalue weighted by molar-refractivity contribution is 7.91. The van der Waals surface area contributed by atoms with Crippen molar-refractivity contribution < 1.29 is 17.6 Å². The van der Waals surface area contributed by atoms with Gasteiger partial charge in [0.25, 0.3) is 0 Å². The SMILES string of the molecule is Cc1nn(C2CCS(=O)(=O)C2)c(C)c1NC(=O)Cn1c(=O)oc2ccccc21. The summed E-state index contributed by atoms with van der Waals surface area (Å²) in [5.41, 5.74) is 2.79. The van der Waals surface area contributed by atoms with Crippen molar-refractivity contribution in [3.05, 3.63) is 46.2 Å². The van der Waals surface area contributed by atoms with E-state index in [1.54, 1.807) is 42.8 Å². The van der Waals surface area contributed by atoms with Gasteiger partial charge in [0.2, 0.25) is 5.91 Å². The molecule has 9 nitrogen and oxygen atoms in total. The number of benzene rings is 1. The first-order chi connectivity index (χ1) is 13.2. The zero-order chi connectivity index (χ0) is 20.1. The number of oxazole rings is 1. The van der Waals surface area contributed by atoms with Crippen LogP contribution in [0.3, 0.4) is 0 Å². The molecule has 148 valence electrons. The van der Waals surface area contributed by atoms with Crippen molar-refractivity contribution >= 4 is 32.5 Å². The second kappa shape index (κ2) is 6.62. The highest BCUT2D eigenvalue weighted by Crippen LogP contribution is 2.29. The third-order valence-corrected chi connectivity index (χ3v) is 6.77. The summed E-state index contributed by atoms with van der Waals surface area (Å²) in [6.07, 6.45) is 0.508. The third kappa shape index (κ3) is 3.24. The number of nitrogens with one attached hydrogen (secondary N) is 1. The second-order valence-corrected chi connectivity index (χ2v) is 9.25. The first-order valence-electron chi connectivity index (χ1n) is 8.89. The molecule has 10 heteroatoms. The number of hydrogen-bond donors (Lipinski definition) is 1. The van der Waals surface area contributed by atoms with Gasteiger partial charge >= 0.3 is 5.76 Å². The lowest BCUT2D eigenvalue weighted by atomic mass is 10.2. The molecule has 1 aliphatic rings. The Labute approximate surface area is 160 Å². The maximum absolute atomic E-state index is 12.6. The van der Waals surface area contributed by atoms with E-state index in [9.17, 15) is 18.0 Å². The Kier molecular flexibility index (Phi) is 4.37. The minimum atomic E-state index is -3.04. The van der Waals surface area contributed by atoms with E-state index in [4.69, 9.17) is 4.42 Å². The molecule has 1 unspecified atom stereocenters. The van der Waals surface area contributed by atoms with Crippen molar-refractivity contribution in [2.45, 2.75) is 32.9 Å². The minimum Gasteiger partial charge on any atom is -0.408 e. The number of aromatic nitrogens is 3. The third-order valence-electron chi connectivity index (χ3n) is 5.02. The number of rotatable bonds is 4. The Morgan fingerprint density at radius 2 is 2.07 bits per heavy atom. The van der Waals surface area contributed by atoms with Crippen LogP contribution in [0.4, 0.5) is 5.69 Å². The first kappa shape index (κ1) is 18.5. The maximum atomic E-state index is 12.6. The number of anilines is 1. The summed E-state index contributed by atoms with van der Waals surface area (Å²) in [5, 5.41) is 7.23. The van der Waals surface area contributed by atoms with Gasteiger partial charge in [-0.2, -0.15) is 5.10 Å². The van der Waals surface area contributed by atoms with Crippen molar-refractivity contribution in [2.24, 2.45) is 0 Å². The molecule has 1 aromatic carbocycles. The van der Waals surface area contributed by atoms with Gasteiger partial charge in [-0.1, -0.05) is 12.1 Å². The lowest BCUT2D eigenvalue weighted by Crippen LogP contribution is -2.25. The van der Waals surface area contributed by atoms with Crippen molar-refractivity contribution in [2.75, 3.05) is 16.8 Å². The van der Waals surface area contributed by atoms with Crippen LogP contribution in [0.5, 0.6) is 0 Å². The smallest absolute Gasteiger partial charge is 0.408 e. The van der Waals surface area contributed by atoms with Crippen molar-refractivity contribution in [3.8, 4) is 0 Å². The van der Waals surface area contributed by atoms with E-state index in [2.05, 4.69) is 10.4 Å². The molecule has 0 aliphatic carbocycles. The van der Waals surface area contributed by atoms with E-state index in [1.807, 2.05) is 0 Å². The summed E-state index contributed by atoms with van der Waals surface area (Å²) in [6, 6.07) is 6.66. The van der Waals surface area contributed by atoms with Gasteiger partial charge in [-0.15, -0.1) is 0 Å². The largest absolute Gasteiger partial charge is 0.420 e. The summed E-state index contributed by atoms with van der Waals surface area (Å²) in [6.45, 7) is 3.35. The molecule has 1 N–H and O–H groups in total. The molecule has 1 aliphatic heterocycles. The van der Waals surface area contributed by atoms with Gasteiger partial charge in [-0.3, -0.25) is 14.0 Å². The number of para-hydroxylation sites is 2. The van der Waals surface area contributed by atoms with Gasteiger partial charge in [0, 0.05) is 0 Å². The van der Waals surface area contributed by atoms with Gasteiger partial charge in [0.1, 0.15) is 6.54 Å². The number of amides is 1. The van der Waals surface area contributed by atoms with Crippen LogP contribution in [-0.4, -0.2) is 40.2 Å². The molecule has 1 amide bonds. The summed E-state index contributed by atoms with van der Waals surface area (Å²) in [4.78, 5) is 24.6. The van der Waals surface area contributed by atoms with Crippen LogP contribution in [0.1, 0.15) is 23.9 Å². The fraction of sp³-hybridized carbons (Fsp3) is 0.389. The predicted octanol–water partition coefficient (Wildman–Crippen LogP) is 1.41. The molecule has 3 aromatic rings. The van der Waals surface area contributed by atoms with E-state index in [0.29, 0.717) is 34.6 Å². The molecule has 2 aromatic heterocycles. The summed E-state index contributed by atoms with van der Waals surface area (Å²) in [7, 11) is -3.04. The molecule has 1 atom stereocenters. The lowest BCUT2D eigenvalue weighted by Gasteiger charge is -2.12. The molecule has 28 heavy (non-hydrogen) atoms. The highest BCUT2D eigenvalue weighted by Gasteiger charge is 2.31. The quantitative estimate of drug-likeness (QED) is 0.703. The fourth-order valence-corrected chi connectivity index (χ4v) is 5.35. The van der Waals surface area contributed by atoms with Crippen LogP contribution in [0.2, 0.25) is 0 Å². The Morgan fingerprint density at radius 1 is 1.32 bits per heavy atom. The number of fused-ring (bicyclic) bond motifs is 1. The molecular formula is C18H20N4O5S. The minimum absolute atomic E-state index is 0.0543. The van der Waals surface area contributed by atoms with E-state index in [0.717, 1.165) is 0 Å². The van der Waals surface area contributed by atoms with Crippen LogP contribution < -0.4 is 11.1 Å². The van der Waals surface area contributed by atoms with E-state index < -0.39 is 21.5 Å². The van der Waals surface area contributed by atoms with Crippen LogP contribution >= 0.6 is 0 Å². The van der Waals surface area contributed by atoms with Gasteiger partial charge in [-0.05, 0) is 32.4 Å². The van der Waals surface area contributed by atoms with Gasteiger partial charge in [-0.25, -0.2) is 13.2 Å². The summed E-state index contributed by atoms with van der Waals surface area (Å²) >= 11 is 0. The van der Waals surface area contributed by atoms with Crippen molar-refractivity contribution in [1.29, 1.82) is 0 Å². The molecule has 0 saturated carbocycles.